The summed E-state index contributed by atoms with van der Waals surface area (Å²) in [6.07, 6.45) is 1.70. The number of aromatic nitrogens is 1. The van der Waals surface area contributed by atoms with Gasteiger partial charge in [0, 0.05) is 37.4 Å². The van der Waals surface area contributed by atoms with Crippen LogP contribution in [-0.2, 0) is 14.0 Å². The third-order valence-electron chi connectivity index (χ3n) is 3.11. The molecular weight excluding hydrogens is 229 g/mol. The van der Waals surface area contributed by atoms with E-state index in [2.05, 4.69) is 18.8 Å². The molecule has 1 aromatic heterocycles. The molecule has 1 fully saturated rings. The molecule has 0 unspecified atom stereocenters. The van der Waals surface area contributed by atoms with E-state index in [1.807, 2.05) is 19.1 Å². The summed E-state index contributed by atoms with van der Waals surface area (Å²) < 4.78 is 16.9. The molecule has 0 aromatic carbocycles. The van der Waals surface area contributed by atoms with Crippen molar-refractivity contribution in [2.45, 2.75) is 26.9 Å². The summed E-state index contributed by atoms with van der Waals surface area (Å²) in [4.78, 5) is 4.38. The van der Waals surface area contributed by atoms with Crippen LogP contribution in [0.4, 0.5) is 0 Å². The van der Waals surface area contributed by atoms with Crippen molar-refractivity contribution in [3.63, 3.8) is 0 Å². The van der Waals surface area contributed by atoms with E-state index in [9.17, 15) is 0 Å². The van der Waals surface area contributed by atoms with E-state index in [1.165, 1.54) is 0 Å². The van der Waals surface area contributed by atoms with Crippen molar-refractivity contribution < 1.29 is 14.0 Å². The van der Waals surface area contributed by atoms with Gasteiger partial charge in [0.25, 0.3) is 0 Å². The van der Waals surface area contributed by atoms with Gasteiger partial charge in [-0.3, -0.25) is 4.98 Å². The summed E-state index contributed by atoms with van der Waals surface area (Å²) in [5.41, 5.74) is 1.92. The number of methoxy groups -OCH3 is 1. The van der Waals surface area contributed by atoms with Gasteiger partial charge in [-0.15, -0.1) is 0 Å². The molecule has 0 N–H and O–H groups in total. The second-order valence-electron chi connectivity index (χ2n) is 5.47. The van der Waals surface area contributed by atoms with Crippen LogP contribution in [0.5, 0.6) is 0 Å². The molecule has 5 heteroatoms. The highest BCUT2D eigenvalue weighted by Crippen LogP contribution is 2.22. The number of ether oxygens (including phenoxy) is 1. The average Bonchev–Trinajstić information content (AvgIpc) is 2.38. The summed E-state index contributed by atoms with van der Waals surface area (Å²) in [7, 11) is 1.34. The highest BCUT2D eigenvalue weighted by molar-refractivity contribution is 6.61. The van der Waals surface area contributed by atoms with E-state index in [1.54, 1.807) is 13.3 Å². The van der Waals surface area contributed by atoms with Gasteiger partial charge in [-0.05, 0) is 13.0 Å². The van der Waals surface area contributed by atoms with Crippen molar-refractivity contribution in [2.75, 3.05) is 20.3 Å². The van der Waals surface area contributed by atoms with Gasteiger partial charge in [0.1, 0.15) is 0 Å². The first-order valence-electron chi connectivity index (χ1n) is 6.24. The van der Waals surface area contributed by atoms with E-state index in [4.69, 9.17) is 14.0 Å². The Morgan fingerprint density at radius 2 is 2.06 bits per heavy atom. The van der Waals surface area contributed by atoms with Gasteiger partial charge >= 0.3 is 7.12 Å². The zero-order valence-corrected chi connectivity index (χ0v) is 11.5. The number of hydrogen-bond donors (Lipinski definition) is 0. The second-order valence-corrected chi connectivity index (χ2v) is 5.47. The van der Waals surface area contributed by atoms with Crippen LogP contribution < -0.4 is 5.46 Å². The Hall–Kier alpha value is -0.905. The second kappa shape index (κ2) is 5.39. The quantitative estimate of drug-likeness (QED) is 0.762. The van der Waals surface area contributed by atoms with Crippen molar-refractivity contribution >= 4 is 12.6 Å². The highest BCUT2D eigenvalue weighted by Gasteiger charge is 2.35. The summed E-state index contributed by atoms with van der Waals surface area (Å²) in [6.45, 7) is 7.61. The molecule has 0 bridgehead atoms. The van der Waals surface area contributed by atoms with Crippen molar-refractivity contribution in [2.24, 2.45) is 5.41 Å². The molecule has 1 saturated heterocycles. The van der Waals surface area contributed by atoms with Gasteiger partial charge in [-0.2, -0.15) is 0 Å². The first-order chi connectivity index (χ1) is 8.53. The Bertz CT molecular complexity index is 401. The van der Waals surface area contributed by atoms with Gasteiger partial charge in [0.05, 0.1) is 11.8 Å². The van der Waals surface area contributed by atoms with Crippen molar-refractivity contribution in [3.8, 4) is 0 Å². The van der Waals surface area contributed by atoms with E-state index < -0.39 is 0 Å². The molecule has 2 heterocycles. The maximum Gasteiger partial charge on any atom is 0.495 e. The zero-order chi connectivity index (χ0) is 13.2. The molecule has 1 aliphatic heterocycles. The van der Waals surface area contributed by atoms with Gasteiger partial charge in [-0.25, -0.2) is 0 Å². The standard InChI is InChI=1S/C13H20BNO3/c1-10(16-4)12-11(6-5-7-15-12)14-17-8-13(2,3)9-18-14/h5-7,10H,8-9H2,1-4H3/t10-/m0/s1. The molecule has 18 heavy (non-hydrogen) atoms. The van der Waals surface area contributed by atoms with Gasteiger partial charge in [0.15, 0.2) is 0 Å². The highest BCUT2D eigenvalue weighted by atomic mass is 16.6. The lowest BCUT2D eigenvalue weighted by Gasteiger charge is -2.33. The fraction of sp³-hybridized carbons (Fsp3) is 0.615. The predicted molar refractivity (Wildman–Crippen MR) is 70.7 cm³/mol. The van der Waals surface area contributed by atoms with Gasteiger partial charge < -0.3 is 14.0 Å². The molecule has 0 radical (unpaired) electrons. The van der Waals surface area contributed by atoms with Crippen LogP contribution in [0.15, 0.2) is 18.3 Å². The van der Waals surface area contributed by atoms with Crippen molar-refractivity contribution in [1.29, 1.82) is 0 Å². The molecule has 1 atom stereocenters. The van der Waals surface area contributed by atoms with Crippen LogP contribution in [0.25, 0.3) is 0 Å². The normalized spacial score (nSPS) is 20.8. The molecule has 0 amide bonds. The SMILES string of the molecule is CO[C@@H](C)c1ncccc1B1OCC(C)(C)CO1. The maximum absolute atomic E-state index is 5.80. The Morgan fingerprint density at radius 3 is 2.67 bits per heavy atom. The molecule has 0 aliphatic carbocycles. The van der Waals surface area contributed by atoms with Gasteiger partial charge in [-0.1, -0.05) is 19.9 Å². The Labute approximate surface area is 109 Å². The molecule has 1 aromatic rings. The first-order valence-corrected chi connectivity index (χ1v) is 6.24. The van der Waals surface area contributed by atoms with Crippen LogP contribution >= 0.6 is 0 Å². The number of nitrogens with zero attached hydrogens (tertiary/aromatic N) is 1. The van der Waals surface area contributed by atoms with E-state index in [0.717, 1.165) is 11.2 Å². The van der Waals surface area contributed by atoms with E-state index in [-0.39, 0.29) is 18.6 Å². The zero-order valence-electron chi connectivity index (χ0n) is 11.5. The lowest BCUT2D eigenvalue weighted by atomic mass is 9.74. The fourth-order valence-corrected chi connectivity index (χ4v) is 1.95. The van der Waals surface area contributed by atoms with Crippen LogP contribution in [-0.4, -0.2) is 32.4 Å². The minimum Gasteiger partial charge on any atom is -0.407 e. The number of pyridine rings is 1. The minimum absolute atomic E-state index is 0.0664. The summed E-state index contributed by atoms with van der Waals surface area (Å²) >= 11 is 0. The third kappa shape index (κ3) is 2.91. The van der Waals surface area contributed by atoms with Gasteiger partial charge in [0.2, 0.25) is 0 Å². The smallest absolute Gasteiger partial charge is 0.407 e. The summed E-state index contributed by atoms with van der Waals surface area (Å²) in [5.74, 6) is 0. The molecule has 4 nitrogen and oxygen atoms in total. The van der Waals surface area contributed by atoms with Crippen LogP contribution in [0.1, 0.15) is 32.6 Å². The molecule has 98 valence electrons. The lowest BCUT2D eigenvalue weighted by molar-refractivity contribution is 0.0338. The largest absolute Gasteiger partial charge is 0.495 e. The minimum atomic E-state index is -0.334. The Kier molecular flexibility index (Phi) is 4.05. The molecule has 0 saturated carbocycles. The maximum atomic E-state index is 5.80. The Balaban J connectivity index is 2.19. The molecular formula is C13H20BNO3. The Morgan fingerprint density at radius 1 is 1.39 bits per heavy atom. The molecule has 2 rings (SSSR count). The van der Waals surface area contributed by atoms with Crippen molar-refractivity contribution in [3.05, 3.63) is 24.0 Å². The number of rotatable bonds is 3. The van der Waals surface area contributed by atoms with E-state index in [0.29, 0.717) is 13.2 Å². The summed E-state index contributed by atoms with van der Waals surface area (Å²) in [5, 5.41) is 0. The van der Waals surface area contributed by atoms with Crippen molar-refractivity contribution in [1.82, 2.24) is 4.98 Å². The average molecular weight is 249 g/mol. The third-order valence-corrected chi connectivity index (χ3v) is 3.11. The molecule has 1 aliphatic rings. The topological polar surface area (TPSA) is 40.6 Å². The van der Waals surface area contributed by atoms with Crippen LogP contribution in [0.2, 0.25) is 0 Å². The van der Waals surface area contributed by atoms with E-state index >= 15 is 0 Å². The lowest BCUT2D eigenvalue weighted by Crippen LogP contribution is -2.49. The first kappa shape index (κ1) is 13.5. The predicted octanol–water partition coefficient (Wildman–Crippen LogP) is 1.56. The monoisotopic (exact) mass is 249 g/mol. The van der Waals surface area contributed by atoms with Crippen LogP contribution in [0, 0.1) is 5.41 Å². The molecule has 0 spiro atoms. The number of hydrogen-bond acceptors (Lipinski definition) is 4. The summed E-state index contributed by atoms with van der Waals surface area (Å²) in [6, 6.07) is 3.88. The van der Waals surface area contributed by atoms with Crippen LogP contribution in [0.3, 0.4) is 0 Å². The fourth-order valence-electron chi connectivity index (χ4n) is 1.95.